The van der Waals surface area contributed by atoms with Gasteiger partial charge in [-0.05, 0) is 24.5 Å². The summed E-state index contributed by atoms with van der Waals surface area (Å²) in [6, 6.07) is 7.46. The smallest absolute Gasteiger partial charge is 0.236 e. The third-order valence-electron chi connectivity index (χ3n) is 2.59. The number of ether oxygens (including phenoxy) is 1. The Morgan fingerprint density at radius 2 is 2.06 bits per heavy atom. The standard InChI is InChI=1S/C14H22N2O2/c1-3-8-18-10-13-7-5-4-6-12(13)9-16-14(17)11(2)15/h4-7,11H,3,8-10,15H2,1-2H3,(H,16,17)/t11-/m0/s1. The highest BCUT2D eigenvalue weighted by atomic mass is 16.5. The molecule has 0 bridgehead atoms. The van der Waals surface area contributed by atoms with Gasteiger partial charge in [0.25, 0.3) is 0 Å². The number of hydrogen-bond acceptors (Lipinski definition) is 3. The number of benzene rings is 1. The lowest BCUT2D eigenvalue weighted by Gasteiger charge is -2.12. The second-order valence-corrected chi connectivity index (χ2v) is 4.33. The van der Waals surface area contributed by atoms with Crippen molar-refractivity contribution in [2.75, 3.05) is 6.61 Å². The molecule has 1 atom stereocenters. The van der Waals surface area contributed by atoms with Crippen molar-refractivity contribution < 1.29 is 9.53 Å². The Morgan fingerprint density at radius 3 is 2.67 bits per heavy atom. The van der Waals surface area contributed by atoms with Crippen molar-refractivity contribution in [3.8, 4) is 0 Å². The first kappa shape index (κ1) is 14.7. The molecule has 1 amide bonds. The molecule has 0 aliphatic rings. The zero-order valence-electron chi connectivity index (χ0n) is 11.1. The summed E-state index contributed by atoms with van der Waals surface area (Å²) >= 11 is 0. The van der Waals surface area contributed by atoms with Gasteiger partial charge in [-0.3, -0.25) is 4.79 Å². The number of carbonyl (C=O) groups is 1. The van der Waals surface area contributed by atoms with E-state index in [2.05, 4.69) is 12.2 Å². The van der Waals surface area contributed by atoms with Crippen LogP contribution in [0.5, 0.6) is 0 Å². The zero-order chi connectivity index (χ0) is 13.4. The van der Waals surface area contributed by atoms with Crippen LogP contribution in [0.4, 0.5) is 0 Å². The van der Waals surface area contributed by atoms with Crippen LogP contribution in [-0.2, 0) is 22.7 Å². The van der Waals surface area contributed by atoms with Gasteiger partial charge in [0.1, 0.15) is 0 Å². The SMILES string of the molecule is CCCOCc1ccccc1CNC(=O)[C@H](C)N. The second kappa shape index (κ2) is 7.84. The lowest BCUT2D eigenvalue weighted by molar-refractivity contribution is -0.122. The van der Waals surface area contributed by atoms with E-state index < -0.39 is 6.04 Å². The van der Waals surface area contributed by atoms with Gasteiger partial charge in [0, 0.05) is 13.2 Å². The van der Waals surface area contributed by atoms with E-state index >= 15 is 0 Å². The molecule has 0 fully saturated rings. The van der Waals surface area contributed by atoms with Gasteiger partial charge in [-0.15, -0.1) is 0 Å². The van der Waals surface area contributed by atoms with E-state index in [1.165, 1.54) is 0 Å². The molecule has 0 unspecified atom stereocenters. The number of nitrogens with two attached hydrogens (primary N) is 1. The molecule has 18 heavy (non-hydrogen) atoms. The minimum atomic E-state index is -0.478. The summed E-state index contributed by atoms with van der Waals surface area (Å²) in [6.07, 6.45) is 1.00. The first-order chi connectivity index (χ1) is 8.65. The third kappa shape index (κ3) is 4.85. The molecule has 0 saturated carbocycles. The molecule has 0 saturated heterocycles. The van der Waals surface area contributed by atoms with Crippen molar-refractivity contribution in [3.63, 3.8) is 0 Å². The maximum Gasteiger partial charge on any atom is 0.236 e. The largest absolute Gasteiger partial charge is 0.377 e. The van der Waals surface area contributed by atoms with Crippen LogP contribution in [0.15, 0.2) is 24.3 Å². The maximum atomic E-state index is 11.4. The van der Waals surface area contributed by atoms with Crippen LogP contribution in [0.1, 0.15) is 31.4 Å². The molecule has 0 heterocycles. The Kier molecular flexibility index (Phi) is 6.39. The van der Waals surface area contributed by atoms with Gasteiger partial charge >= 0.3 is 0 Å². The molecule has 4 nitrogen and oxygen atoms in total. The highest BCUT2D eigenvalue weighted by molar-refractivity contribution is 5.80. The van der Waals surface area contributed by atoms with Crippen LogP contribution in [0, 0.1) is 0 Å². The molecule has 4 heteroatoms. The summed E-state index contributed by atoms with van der Waals surface area (Å²) in [4.78, 5) is 11.4. The molecule has 1 rings (SSSR count). The molecule has 3 N–H and O–H groups in total. The zero-order valence-corrected chi connectivity index (χ0v) is 11.1. The normalized spacial score (nSPS) is 12.2. The van der Waals surface area contributed by atoms with Gasteiger partial charge in [-0.25, -0.2) is 0 Å². The van der Waals surface area contributed by atoms with Gasteiger partial charge in [-0.1, -0.05) is 31.2 Å². The van der Waals surface area contributed by atoms with Crippen molar-refractivity contribution in [2.24, 2.45) is 5.73 Å². The quantitative estimate of drug-likeness (QED) is 0.722. The molecule has 0 spiro atoms. The van der Waals surface area contributed by atoms with E-state index in [9.17, 15) is 4.79 Å². The van der Waals surface area contributed by atoms with Gasteiger partial charge in [0.2, 0.25) is 5.91 Å². The summed E-state index contributed by atoms with van der Waals surface area (Å²) in [5, 5.41) is 2.81. The van der Waals surface area contributed by atoms with Crippen molar-refractivity contribution in [3.05, 3.63) is 35.4 Å². The van der Waals surface area contributed by atoms with Crippen LogP contribution in [0.2, 0.25) is 0 Å². The van der Waals surface area contributed by atoms with E-state index in [-0.39, 0.29) is 5.91 Å². The molecule has 1 aromatic rings. The Balaban J connectivity index is 2.56. The molecule has 0 radical (unpaired) electrons. The fourth-order valence-electron chi connectivity index (χ4n) is 1.54. The Hall–Kier alpha value is -1.39. The molecular weight excluding hydrogens is 228 g/mol. The fourth-order valence-corrected chi connectivity index (χ4v) is 1.54. The highest BCUT2D eigenvalue weighted by Gasteiger charge is 2.08. The number of carbonyl (C=O) groups excluding carboxylic acids is 1. The minimum Gasteiger partial charge on any atom is -0.377 e. The third-order valence-corrected chi connectivity index (χ3v) is 2.59. The molecule has 0 aliphatic carbocycles. The first-order valence-electron chi connectivity index (χ1n) is 6.33. The molecule has 1 aromatic carbocycles. The Labute approximate surface area is 109 Å². The average Bonchev–Trinajstić information content (AvgIpc) is 2.37. The van der Waals surface area contributed by atoms with Gasteiger partial charge in [0.05, 0.1) is 12.6 Å². The monoisotopic (exact) mass is 250 g/mol. The lowest BCUT2D eigenvalue weighted by Crippen LogP contribution is -2.37. The van der Waals surface area contributed by atoms with E-state index in [1.807, 2.05) is 24.3 Å². The van der Waals surface area contributed by atoms with Crippen LogP contribution in [0.3, 0.4) is 0 Å². The van der Waals surface area contributed by atoms with Crippen molar-refractivity contribution in [2.45, 2.75) is 39.5 Å². The van der Waals surface area contributed by atoms with Crippen LogP contribution in [-0.4, -0.2) is 18.6 Å². The van der Waals surface area contributed by atoms with Crippen molar-refractivity contribution in [1.29, 1.82) is 0 Å². The van der Waals surface area contributed by atoms with E-state index in [1.54, 1.807) is 6.92 Å². The van der Waals surface area contributed by atoms with E-state index in [0.29, 0.717) is 13.2 Å². The van der Waals surface area contributed by atoms with Crippen molar-refractivity contribution >= 4 is 5.91 Å². The lowest BCUT2D eigenvalue weighted by atomic mass is 10.1. The predicted molar refractivity (Wildman–Crippen MR) is 71.9 cm³/mol. The van der Waals surface area contributed by atoms with Crippen LogP contribution in [0.25, 0.3) is 0 Å². The van der Waals surface area contributed by atoms with Crippen LogP contribution >= 0.6 is 0 Å². The second-order valence-electron chi connectivity index (χ2n) is 4.33. The molecule has 0 aromatic heterocycles. The molecule has 0 aliphatic heterocycles. The van der Waals surface area contributed by atoms with Gasteiger partial charge in [-0.2, -0.15) is 0 Å². The predicted octanol–water partition coefficient (Wildman–Crippen LogP) is 1.58. The molecule has 100 valence electrons. The van der Waals surface area contributed by atoms with Crippen molar-refractivity contribution in [1.82, 2.24) is 5.32 Å². The van der Waals surface area contributed by atoms with Crippen LogP contribution < -0.4 is 11.1 Å². The highest BCUT2D eigenvalue weighted by Crippen LogP contribution is 2.10. The summed E-state index contributed by atoms with van der Waals surface area (Å²) in [5.74, 6) is -0.140. The number of rotatable bonds is 7. The van der Waals surface area contributed by atoms with Gasteiger partial charge < -0.3 is 15.8 Å². The summed E-state index contributed by atoms with van der Waals surface area (Å²) in [6.45, 7) is 5.57. The Morgan fingerprint density at radius 1 is 1.39 bits per heavy atom. The Bertz CT molecular complexity index is 378. The number of nitrogens with one attached hydrogen (secondary N) is 1. The number of hydrogen-bond donors (Lipinski definition) is 2. The first-order valence-corrected chi connectivity index (χ1v) is 6.33. The van der Waals surface area contributed by atoms with E-state index in [0.717, 1.165) is 24.2 Å². The fraction of sp³-hybridized carbons (Fsp3) is 0.500. The summed E-state index contributed by atoms with van der Waals surface area (Å²) < 4.78 is 5.53. The van der Waals surface area contributed by atoms with E-state index in [4.69, 9.17) is 10.5 Å². The molecular formula is C14H22N2O2. The summed E-state index contributed by atoms with van der Waals surface area (Å²) in [7, 11) is 0. The minimum absolute atomic E-state index is 0.140. The topological polar surface area (TPSA) is 64.3 Å². The maximum absolute atomic E-state index is 11.4. The van der Waals surface area contributed by atoms with Gasteiger partial charge in [0.15, 0.2) is 0 Å². The average molecular weight is 250 g/mol. The number of amides is 1. The summed E-state index contributed by atoms with van der Waals surface area (Å²) in [5.41, 5.74) is 7.68.